The van der Waals surface area contributed by atoms with Gasteiger partial charge in [-0.15, -0.1) is 11.3 Å². The van der Waals surface area contributed by atoms with E-state index >= 15 is 0 Å². The van der Waals surface area contributed by atoms with Crippen molar-refractivity contribution in [2.75, 3.05) is 0 Å². The third kappa shape index (κ3) is 1.23. The van der Waals surface area contributed by atoms with Crippen molar-refractivity contribution >= 4 is 42.3 Å². The Morgan fingerprint density at radius 2 is 1.35 bits per heavy atom. The fourth-order valence-corrected chi connectivity index (χ4v) is 3.62. The zero-order valence-corrected chi connectivity index (χ0v) is 10.00. The van der Waals surface area contributed by atoms with Gasteiger partial charge < -0.3 is 0 Å². The van der Waals surface area contributed by atoms with E-state index in [-0.39, 0.29) is 0 Å². The van der Waals surface area contributed by atoms with Gasteiger partial charge in [-0.25, -0.2) is 0 Å². The van der Waals surface area contributed by atoms with Gasteiger partial charge in [-0.2, -0.15) is 0 Å². The van der Waals surface area contributed by atoms with Crippen LogP contribution in [0.4, 0.5) is 0 Å². The Kier molecular flexibility index (Phi) is 1.79. The van der Waals surface area contributed by atoms with Gasteiger partial charge in [0.15, 0.2) is 0 Å². The first-order chi connectivity index (χ1) is 8.43. The number of benzene rings is 3. The molecule has 1 heterocycles. The van der Waals surface area contributed by atoms with E-state index in [1.54, 1.807) is 0 Å². The normalized spacial score (nSPS) is 11.5. The molecule has 0 spiro atoms. The van der Waals surface area contributed by atoms with Gasteiger partial charge >= 0.3 is 0 Å². The molecule has 0 amide bonds. The number of hydrogen-bond donors (Lipinski definition) is 0. The second kappa shape index (κ2) is 3.31. The lowest BCUT2D eigenvalue weighted by molar-refractivity contribution is 1.81. The number of rotatable bonds is 0. The van der Waals surface area contributed by atoms with Crippen molar-refractivity contribution in [3.63, 3.8) is 0 Å². The van der Waals surface area contributed by atoms with E-state index in [1.165, 1.54) is 30.9 Å². The molecule has 0 saturated heterocycles. The second-order valence-corrected chi connectivity index (χ2v) is 5.34. The average Bonchev–Trinajstić information content (AvgIpc) is 2.77. The van der Waals surface area contributed by atoms with E-state index in [1.807, 2.05) is 11.3 Å². The van der Waals surface area contributed by atoms with Crippen molar-refractivity contribution in [3.8, 4) is 0 Å². The summed E-state index contributed by atoms with van der Waals surface area (Å²) in [6.45, 7) is 0. The van der Waals surface area contributed by atoms with Crippen molar-refractivity contribution in [1.82, 2.24) is 0 Å². The highest BCUT2D eigenvalue weighted by Crippen LogP contribution is 2.37. The highest BCUT2D eigenvalue weighted by atomic mass is 32.1. The average molecular weight is 234 g/mol. The topological polar surface area (TPSA) is 0 Å². The molecular formula is C16H10S. The van der Waals surface area contributed by atoms with Gasteiger partial charge in [-0.1, -0.05) is 48.5 Å². The second-order valence-electron chi connectivity index (χ2n) is 4.26. The zero-order valence-electron chi connectivity index (χ0n) is 9.18. The lowest BCUT2D eigenvalue weighted by Crippen LogP contribution is -1.72. The van der Waals surface area contributed by atoms with Crippen molar-refractivity contribution in [2.24, 2.45) is 0 Å². The summed E-state index contributed by atoms with van der Waals surface area (Å²) < 4.78 is 2.75. The van der Waals surface area contributed by atoms with Gasteiger partial charge in [-0.05, 0) is 22.9 Å². The fourth-order valence-electron chi connectivity index (χ4n) is 2.50. The van der Waals surface area contributed by atoms with Crippen LogP contribution in [0.3, 0.4) is 0 Å². The van der Waals surface area contributed by atoms with E-state index in [9.17, 15) is 0 Å². The molecular weight excluding hydrogens is 224 g/mol. The van der Waals surface area contributed by atoms with Crippen LogP contribution >= 0.6 is 11.3 Å². The first-order valence-electron chi connectivity index (χ1n) is 5.72. The molecule has 0 aliphatic carbocycles. The Balaban J connectivity index is 2.38. The highest BCUT2D eigenvalue weighted by Gasteiger charge is 2.07. The molecule has 0 fully saturated rings. The minimum Gasteiger partial charge on any atom is -0.135 e. The first kappa shape index (κ1) is 9.20. The quantitative estimate of drug-likeness (QED) is 0.392. The monoisotopic (exact) mass is 234 g/mol. The van der Waals surface area contributed by atoms with Crippen LogP contribution in [0.25, 0.3) is 30.9 Å². The maximum atomic E-state index is 2.24. The van der Waals surface area contributed by atoms with Crippen LogP contribution in [0, 0.1) is 0 Å². The molecule has 4 aromatic rings. The highest BCUT2D eigenvalue weighted by molar-refractivity contribution is 7.26. The van der Waals surface area contributed by atoms with E-state index < -0.39 is 0 Å². The van der Waals surface area contributed by atoms with Crippen LogP contribution in [0.1, 0.15) is 0 Å². The van der Waals surface area contributed by atoms with Crippen LogP contribution < -0.4 is 0 Å². The van der Waals surface area contributed by atoms with Gasteiger partial charge in [0.2, 0.25) is 0 Å². The number of hydrogen-bond acceptors (Lipinski definition) is 1. The Labute approximate surface area is 103 Å². The molecule has 0 atom stereocenters. The molecule has 0 nitrogen and oxygen atoms in total. The Hall–Kier alpha value is -1.86. The summed E-state index contributed by atoms with van der Waals surface area (Å²) in [5.74, 6) is 0. The number of thiophene rings is 1. The molecule has 0 bridgehead atoms. The van der Waals surface area contributed by atoms with E-state index in [0.717, 1.165) is 0 Å². The molecule has 0 N–H and O–H groups in total. The van der Waals surface area contributed by atoms with Crippen LogP contribution in [-0.4, -0.2) is 0 Å². The Bertz CT molecular complexity index is 834. The summed E-state index contributed by atoms with van der Waals surface area (Å²) in [4.78, 5) is 0. The summed E-state index contributed by atoms with van der Waals surface area (Å²) in [5.41, 5.74) is 0. The third-order valence-corrected chi connectivity index (χ3v) is 4.40. The first-order valence-corrected chi connectivity index (χ1v) is 6.54. The van der Waals surface area contributed by atoms with Crippen molar-refractivity contribution in [2.45, 2.75) is 0 Å². The summed E-state index contributed by atoms with van der Waals surface area (Å²) >= 11 is 1.88. The summed E-state index contributed by atoms with van der Waals surface area (Å²) in [7, 11) is 0. The van der Waals surface area contributed by atoms with Gasteiger partial charge in [-0.3, -0.25) is 0 Å². The smallest absolute Gasteiger partial charge is 0.0361 e. The largest absolute Gasteiger partial charge is 0.135 e. The molecule has 1 heteroatoms. The van der Waals surface area contributed by atoms with Gasteiger partial charge in [0, 0.05) is 20.2 Å². The minimum atomic E-state index is 1.32. The molecule has 3 aromatic carbocycles. The molecule has 0 saturated carbocycles. The van der Waals surface area contributed by atoms with Crippen LogP contribution in [-0.2, 0) is 0 Å². The lowest BCUT2D eigenvalue weighted by atomic mass is 10.0. The van der Waals surface area contributed by atoms with Gasteiger partial charge in [0.25, 0.3) is 0 Å². The lowest BCUT2D eigenvalue weighted by Gasteiger charge is -1.99. The minimum absolute atomic E-state index is 1.32. The Morgan fingerprint density at radius 3 is 2.29 bits per heavy atom. The van der Waals surface area contributed by atoms with Crippen molar-refractivity contribution < 1.29 is 0 Å². The standard InChI is InChI=1S/C16H10S/c1-2-6-12-11(5-1)9-10-15-16(12)13-7-3-4-8-14(13)17-15/h1-10H. The van der Waals surface area contributed by atoms with E-state index in [4.69, 9.17) is 0 Å². The third-order valence-electron chi connectivity index (χ3n) is 3.27. The summed E-state index contributed by atoms with van der Waals surface area (Å²) in [5, 5.41) is 5.47. The van der Waals surface area contributed by atoms with Crippen LogP contribution in [0.2, 0.25) is 0 Å². The van der Waals surface area contributed by atoms with Crippen LogP contribution in [0.15, 0.2) is 60.7 Å². The number of fused-ring (bicyclic) bond motifs is 5. The maximum absolute atomic E-state index is 2.24. The molecule has 1 aromatic heterocycles. The summed E-state index contributed by atoms with van der Waals surface area (Å²) in [6, 6.07) is 21.7. The van der Waals surface area contributed by atoms with E-state index in [2.05, 4.69) is 60.7 Å². The SMILES string of the molecule is c1ccc2c(c1)ccc1sc3ccccc3c12. The van der Waals surface area contributed by atoms with Crippen molar-refractivity contribution in [1.29, 1.82) is 0 Å². The molecule has 80 valence electrons. The predicted octanol–water partition coefficient (Wildman–Crippen LogP) is 5.21. The molecule has 0 aliphatic heterocycles. The van der Waals surface area contributed by atoms with Gasteiger partial charge in [0.05, 0.1) is 0 Å². The molecule has 17 heavy (non-hydrogen) atoms. The molecule has 0 radical (unpaired) electrons. The molecule has 0 unspecified atom stereocenters. The van der Waals surface area contributed by atoms with Gasteiger partial charge in [0.1, 0.15) is 0 Å². The fraction of sp³-hybridized carbons (Fsp3) is 0. The predicted molar refractivity (Wildman–Crippen MR) is 76.8 cm³/mol. The van der Waals surface area contributed by atoms with Crippen LogP contribution in [0.5, 0.6) is 0 Å². The molecule has 0 aliphatic rings. The summed E-state index contributed by atoms with van der Waals surface area (Å²) in [6.07, 6.45) is 0. The Morgan fingerprint density at radius 1 is 0.588 bits per heavy atom. The zero-order chi connectivity index (χ0) is 11.2. The molecule has 4 rings (SSSR count). The van der Waals surface area contributed by atoms with Crippen molar-refractivity contribution in [3.05, 3.63) is 60.7 Å². The maximum Gasteiger partial charge on any atom is 0.0361 e. The van der Waals surface area contributed by atoms with E-state index in [0.29, 0.717) is 0 Å².